The monoisotopic (exact) mass is 251 g/mol. The van der Waals surface area contributed by atoms with Crippen molar-refractivity contribution in [2.24, 2.45) is 0 Å². The van der Waals surface area contributed by atoms with E-state index in [1.54, 1.807) is 11.9 Å². The quantitative estimate of drug-likeness (QED) is 0.825. The summed E-state index contributed by atoms with van der Waals surface area (Å²) in [4.78, 5) is 18.2. The zero-order chi connectivity index (χ0) is 13.0. The first kappa shape index (κ1) is 13.0. The zero-order valence-corrected chi connectivity index (χ0v) is 11.1. The van der Waals surface area contributed by atoms with Crippen LogP contribution in [0.15, 0.2) is 0 Å². The summed E-state index contributed by atoms with van der Waals surface area (Å²) in [5.41, 5.74) is 0. The zero-order valence-electron chi connectivity index (χ0n) is 11.1. The van der Waals surface area contributed by atoms with Crippen molar-refractivity contribution >= 4 is 5.91 Å². The van der Waals surface area contributed by atoms with Gasteiger partial charge >= 0.3 is 0 Å². The Bertz CT molecular complexity index is 395. The molecule has 1 aliphatic rings. The van der Waals surface area contributed by atoms with Crippen LogP contribution in [0.5, 0.6) is 0 Å². The van der Waals surface area contributed by atoms with Gasteiger partial charge in [-0.25, -0.2) is 4.98 Å². The third-order valence-electron chi connectivity index (χ3n) is 3.26. The number of nitrogens with one attached hydrogen (secondary N) is 2. The average molecular weight is 251 g/mol. The SMILES string of the molecule is Cc1nc(CN(C)C(=O)C2CCCCCN2)n[nH]1. The molecule has 1 aliphatic heterocycles. The molecule has 100 valence electrons. The summed E-state index contributed by atoms with van der Waals surface area (Å²) < 4.78 is 0. The molecular formula is C12H21N5O. The van der Waals surface area contributed by atoms with Gasteiger partial charge in [0, 0.05) is 7.05 Å². The second-order valence-corrected chi connectivity index (χ2v) is 4.89. The van der Waals surface area contributed by atoms with E-state index in [2.05, 4.69) is 20.5 Å². The van der Waals surface area contributed by atoms with E-state index in [1.165, 1.54) is 6.42 Å². The molecule has 0 aliphatic carbocycles. The van der Waals surface area contributed by atoms with Crippen LogP contribution in [-0.2, 0) is 11.3 Å². The van der Waals surface area contributed by atoms with Crippen molar-refractivity contribution < 1.29 is 4.79 Å². The van der Waals surface area contributed by atoms with Gasteiger partial charge in [0.05, 0.1) is 12.6 Å². The Balaban J connectivity index is 1.91. The fourth-order valence-corrected chi connectivity index (χ4v) is 2.26. The Kier molecular flexibility index (Phi) is 4.30. The summed E-state index contributed by atoms with van der Waals surface area (Å²) in [6.45, 7) is 3.25. The number of nitrogens with zero attached hydrogens (tertiary/aromatic N) is 3. The van der Waals surface area contributed by atoms with Crippen LogP contribution in [0.2, 0.25) is 0 Å². The van der Waals surface area contributed by atoms with Gasteiger partial charge in [-0.15, -0.1) is 0 Å². The predicted molar refractivity (Wildman–Crippen MR) is 67.9 cm³/mol. The van der Waals surface area contributed by atoms with Gasteiger partial charge in [-0.3, -0.25) is 9.89 Å². The van der Waals surface area contributed by atoms with Crippen molar-refractivity contribution in [2.75, 3.05) is 13.6 Å². The maximum absolute atomic E-state index is 12.3. The molecule has 1 aromatic rings. The van der Waals surface area contributed by atoms with Crippen LogP contribution in [0.3, 0.4) is 0 Å². The van der Waals surface area contributed by atoms with Crippen molar-refractivity contribution in [3.8, 4) is 0 Å². The van der Waals surface area contributed by atoms with E-state index in [-0.39, 0.29) is 11.9 Å². The fourth-order valence-electron chi connectivity index (χ4n) is 2.26. The summed E-state index contributed by atoms with van der Waals surface area (Å²) in [6.07, 6.45) is 4.42. The van der Waals surface area contributed by atoms with E-state index in [1.807, 2.05) is 6.92 Å². The number of carbonyl (C=O) groups is 1. The second kappa shape index (κ2) is 5.95. The summed E-state index contributed by atoms with van der Waals surface area (Å²) in [6, 6.07) is -0.0439. The molecule has 2 rings (SSSR count). The van der Waals surface area contributed by atoms with Gasteiger partial charge in [0.15, 0.2) is 5.82 Å². The molecule has 0 spiro atoms. The number of likely N-dealkylation sites (N-methyl/N-ethyl adjacent to an activating group) is 1. The number of hydrogen-bond donors (Lipinski definition) is 2. The van der Waals surface area contributed by atoms with Gasteiger partial charge in [-0.1, -0.05) is 12.8 Å². The lowest BCUT2D eigenvalue weighted by Gasteiger charge is -2.22. The van der Waals surface area contributed by atoms with E-state index in [4.69, 9.17) is 0 Å². The first-order valence-electron chi connectivity index (χ1n) is 6.53. The molecule has 1 amide bonds. The minimum Gasteiger partial charge on any atom is -0.337 e. The van der Waals surface area contributed by atoms with Crippen molar-refractivity contribution in [3.05, 3.63) is 11.6 Å². The van der Waals surface area contributed by atoms with Crippen molar-refractivity contribution in [1.82, 2.24) is 25.4 Å². The Morgan fingerprint density at radius 3 is 3.00 bits per heavy atom. The molecule has 1 aromatic heterocycles. The van der Waals surface area contributed by atoms with E-state index in [0.717, 1.165) is 31.6 Å². The van der Waals surface area contributed by atoms with Crippen molar-refractivity contribution in [3.63, 3.8) is 0 Å². The number of rotatable bonds is 3. The lowest BCUT2D eigenvalue weighted by Crippen LogP contribution is -2.44. The molecule has 6 heteroatoms. The topological polar surface area (TPSA) is 73.9 Å². The smallest absolute Gasteiger partial charge is 0.239 e. The molecule has 0 saturated carbocycles. The van der Waals surface area contributed by atoms with Crippen LogP contribution in [-0.4, -0.2) is 45.6 Å². The second-order valence-electron chi connectivity index (χ2n) is 4.89. The summed E-state index contributed by atoms with van der Waals surface area (Å²) >= 11 is 0. The molecule has 0 aromatic carbocycles. The van der Waals surface area contributed by atoms with Crippen LogP contribution in [0.25, 0.3) is 0 Å². The largest absolute Gasteiger partial charge is 0.337 e. The van der Waals surface area contributed by atoms with Crippen LogP contribution in [0.1, 0.15) is 37.3 Å². The first-order valence-corrected chi connectivity index (χ1v) is 6.53. The Hall–Kier alpha value is -1.43. The number of hydrogen-bond acceptors (Lipinski definition) is 4. The van der Waals surface area contributed by atoms with E-state index >= 15 is 0 Å². The van der Waals surface area contributed by atoms with Crippen LogP contribution in [0.4, 0.5) is 0 Å². The number of H-pyrrole nitrogens is 1. The fraction of sp³-hybridized carbons (Fsp3) is 0.750. The minimum atomic E-state index is -0.0439. The standard InChI is InChI=1S/C12H21N5O/c1-9-14-11(16-15-9)8-17(2)12(18)10-6-4-3-5-7-13-10/h10,13H,3-8H2,1-2H3,(H,14,15,16). The average Bonchev–Trinajstić information content (AvgIpc) is 2.62. The van der Waals surface area contributed by atoms with Crippen LogP contribution in [0, 0.1) is 6.92 Å². The van der Waals surface area contributed by atoms with E-state index < -0.39 is 0 Å². The molecule has 1 unspecified atom stereocenters. The molecule has 2 N–H and O–H groups in total. The van der Waals surface area contributed by atoms with E-state index in [0.29, 0.717) is 12.4 Å². The van der Waals surface area contributed by atoms with Crippen molar-refractivity contribution in [1.29, 1.82) is 0 Å². The van der Waals surface area contributed by atoms with Crippen LogP contribution >= 0.6 is 0 Å². The van der Waals surface area contributed by atoms with Crippen molar-refractivity contribution in [2.45, 2.75) is 45.2 Å². The summed E-state index contributed by atoms with van der Waals surface area (Å²) in [7, 11) is 1.81. The Morgan fingerprint density at radius 1 is 1.44 bits per heavy atom. The molecule has 1 fully saturated rings. The highest BCUT2D eigenvalue weighted by Crippen LogP contribution is 2.11. The summed E-state index contributed by atoms with van der Waals surface area (Å²) in [5.74, 6) is 1.58. The molecule has 2 heterocycles. The first-order chi connectivity index (χ1) is 8.66. The molecule has 6 nitrogen and oxygen atoms in total. The number of aromatic amines is 1. The minimum absolute atomic E-state index is 0.0439. The van der Waals surface area contributed by atoms with Gasteiger partial charge in [-0.05, 0) is 26.3 Å². The highest BCUT2D eigenvalue weighted by atomic mass is 16.2. The third kappa shape index (κ3) is 3.29. The maximum atomic E-state index is 12.3. The highest BCUT2D eigenvalue weighted by molar-refractivity contribution is 5.81. The van der Waals surface area contributed by atoms with Gasteiger partial charge in [0.1, 0.15) is 5.82 Å². The van der Waals surface area contributed by atoms with Crippen LogP contribution < -0.4 is 5.32 Å². The summed E-state index contributed by atoms with van der Waals surface area (Å²) in [5, 5.41) is 10.2. The van der Waals surface area contributed by atoms with Gasteiger partial charge < -0.3 is 10.2 Å². The number of carbonyl (C=O) groups excluding carboxylic acids is 1. The van der Waals surface area contributed by atoms with Gasteiger partial charge in [0.25, 0.3) is 0 Å². The highest BCUT2D eigenvalue weighted by Gasteiger charge is 2.23. The van der Waals surface area contributed by atoms with Gasteiger partial charge in [-0.2, -0.15) is 5.10 Å². The molecule has 0 bridgehead atoms. The maximum Gasteiger partial charge on any atom is 0.239 e. The molecular weight excluding hydrogens is 230 g/mol. The number of amides is 1. The predicted octanol–water partition coefficient (Wildman–Crippen LogP) is 0.604. The Labute approximate surface area is 107 Å². The lowest BCUT2D eigenvalue weighted by molar-refractivity contribution is -0.132. The Morgan fingerprint density at radius 2 is 2.28 bits per heavy atom. The molecule has 0 radical (unpaired) electrons. The van der Waals surface area contributed by atoms with Gasteiger partial charge in [0.2, 0.25) is 5.91 Å². The number of aryl methyl sites for hydroxylation is 1. The molecule has 1 atom stereocenters. The number of aromatic nitrogens is 3. The lowest BCUT2D eigenvalue weighted by atomic mass is 10.1. The molecule has 18 heavy (non-hydrogen) atoms. The molecule has 1 saturated heterocycles. The third-order valence-corrected chi connectivity index (χ3v) is 3.26. The normalized spacial score (nSPS) is 20.4. The van der Waals surface area contributed by atoms with E-state index in [9.17, 15) is 4.79 Å².